The van der Waals surface area contributed by atoms with Gasteiger partial charge >= 0.3 is 0 Å². The molecule has 8 heteroatoms. The number of hydrazine groups is 1. The van der Waals surface area contributed by atoms with E-state index in [-0.39, 0.29) is 22.9 Å². The van der Waals surface area contributed by atoms with Crippen molar-refractivity contribution in [3.8, 4) is 0 Å². The van der Waals surface area contributed by atoms with Crippen molar-refractivity contribution in [2.45, 2.75) is 33.1 Å². The highest BCUT2D eigenvalue weighted by Crippen LogP contribution is 2.64. The van der Waals surface area contributed by atoms with Crippen LogP contribution in [-0.4, -0.2) is 25.9 Å². The first-order chi connectivity index (χ1) is 11.6. The van der Waals surface area contributed by atoms with Crippen LogP contribution in [0.5, 0.6) is 0 Å². The Bertz CT molecular complexity index is 820. The summed E-state index contributed by atoms with van der Waals surface area (Å²) in [4.78, 5) is 26.7. The molecular weight excluding hydrogens is 408 g/mol. The van der Waals surface area contributed by atoms with E-state index in [0.29, 0.717) is 18.4 Å². The maximum absolute atomic E-state index is 12.5. The van der Waals surface area contributed by atoms with E-state index in [4.69, 9.17) is 0 Å². The smallest absolute Gasteiger partial charge is 0.266 e. The molecule has 1 aromatic rings. The molecule has 2 unspecified atom stereocenters. The second-order valence-electron chi connectivity index (χ2n) is 7.49. The Morgan fingerprint density at radius 3 is 2.44 bits per heavy atom. The van der Waals surface area contributed by atoms with Gasteiger partial charge in [0.05, 0.1) is 5.75 Å². The van der Waals surface area contributed by atoms with Gasteiger partial charge in [0.1, 0.15) is 5.78 Å². The molecule has 2 bridgehead atoms. The summed E-state index contributed by atoms with van der Waals surface area (Å²) in [6.07, 6.45) is 1.92. The molecule has 2 aliphatic carbocycles. The first-order valence-electron chi connectivity index (χ1n) is 8.16. The Labute approximate surface area is 155 Å². The summed E-state index contributed by atoms with van der Waals surface area (Å²) < 4.78 is 25.8. The second-order valence-corrected chi connectivity index (χ2v) is 10.1. The van der Waals surface area contributed by atoms with Crippen molar-refractivity contribution in [1.82, 2.24) is 10.3 Å². The number of amides is 1. The van der Waals surface area contributed by atoms with E-state index < -0.39 is 21.3 Å². The van der Waals surface area contributed by atoms with Crippen molar-refractivity contribution in [2.24, 2.45) is 16.7 Å². The van der Waals surface area contributed by atoms with Crippen LogP contribution in [0.15, 0.2) is 28.7 Å². The molecule has 25 heavy (non-hydrogen) atoms. The topological polar surface area (TPSA) is 92.3 Å². The molecule has 2 fully saturated rings. The van der Waals surface area contributed by atoms with E-state index in [1.54, 1.807) is 24.3 Å². The zero-order valence-corrected chi connectivity index (χ0v) is 16.5. The number of hydrogen-bond donors (Lipinski definition) is 2. The number of rotatable bonds is 5. The fourth-order valence-corrected chi connectivity index (χ4v) is 6.18. The highest BCUT2D eigenvalue weighted by Gasteiger charge is 2.65. The van der Waals surface area contributed by atoms with Crippen molar-refractivity contribution >= 4 is 37.6 Å². The van der Waals surface area contributed by atoms with Crippen LogP contribution in [0.2, 0.25) is 0 Å². The van der Waals surface area contributed by atoms with Crippen LogP contribution in [-0.2, 0) is 14.8 Å². The van der Waals surface area contributed by atoms with Gasteiger partial charge in [-0.3, -0.25) is 15.0 Å². The average molecular weight is 429 g/mol. The number of hydrogen-bond acceptors (Lipinski definition) is 4. The largest absolute Gasteiger partial charge is 0.299 e. The fraction of sp³-hybridized carbons (Fsp3) is 0.529. The maximum Gasteiger partial charge on any atom is 0.266 e. The molecule has 0 saturated heterocycles. The van der Waals surface area contributed by atoms with E-state index in [9.17, 15) is 18.0 Å². The van der Waals surface area contributed by atoms with Crippen LogP contribution in [0.4, 0.5) is 0 Å². The summed E-state index contributed by atoms with van der Waals surface area (Å²) in [5, 5.41) is 0. The summed E-state index contributed by atoms with van der Waals surface area (Å²) >= 11 is 3.27. The number of carbonyl (C=O) groups is 2. The Hall–Kier alpha value is -1.25. The Morgan fingerprint density at radius 2 is 1.92 bits per heavy atom. The quantitative estimate of drug-likeness (QED) is 0.704. The number of halogens is 1. The van der Waals surface area contributed by atoms with Gasteiger partial charge in [-0.2, -0.15) is 0 Å². The molecule has 0 radical (unpaired) electrons. The highest BCUT2D eigenvalue weighted by molar-refractivity contribution is 9.10. The summed E-state index contributed by atoms with van der Waals surface area (Å²) in [7, 11) is -3.84. The molecule has 0 heterocycles. The lowest BCUT2D eigenvalue weighted by Crippen LogP contribution is -2.49. The lowest BCUT2D eigenvalue weighted by atomic mass is 9.70. The maximum atomic E-state index is 12.5. The van der Waals surface area contributed by atoms with Crippen LogP contribution in [0.25, 0.3) is 0 Å². The lowest BCUT2D eigenvalue weighted by Gasteiger charge is -2.36. The third kappa shape index (κ3) is 3.15. The van der Waals surface area contributed by atoms with Crippen molar-refractivity contribution < 1.29 is 18.0 Å². The number of fused-ring (bicyclic) bond motifs is 2. The summed E-state index contributed by atoms with van der Waals surface area (Å²) in [5.41, 5.74) is 1.37. The van der Waals surface area contributed by atoms with Crippen molar-refractivity contribution in [1.29, 1.82) is 0 Å². The minimum absolute atomic E-state index is 0.0263. The fourth-order valence-electron chi connectivity index (χ4n) is 4.27. The third-order valence-corrected chi connectivity index (χ3v) is 7.82. The second kappa shape index (κ2) is 6.17. The molecule has 0 spiro atoms. The molecule has 0 aliphatic heterocycles. The van der Waals surface area contributed by atoms with Crippen LogP contribution >= 0.6 is 15.9 Å². The molecule has 2 atom stereocenters. The number of nitrogens with one attached hydrogen (secondary N) is 2. The van der Waals surface area contributed by atoms with Crippen molar-refractivity contribution in [3.05, 3.63) is 34.3 Å². The molecular formula is C17H21BrN2O4S. The normalized spacial score (nSPS) is 27.5. The zero-order valence-electron chi connectivity index (χ0n) is 14.1. The molecule has 2 N–H and O–H groups in total. The van der Waals surface area contributed by atoms with Crippen LogP contribution in [0.3, 0.4) is 0 Å². The molecule has 1 aromatic carbocycles. The molecule has 0 aromatic heterocycles. The van der Waals surface area contributed by atoms with E-state index in [2.05, 4.69) is 26.2 Å². The molecule has 2 aliphatic rings. The van der Waals surface area contributed by atoms with Gasteiger partial charge in [0, 0.05) is 21.9 Å². The number of sulfonamides is 1. The van der Waals surface area contributed by atoms with Gasteiger partial charge < -0.3 is 0 Å². The SMILES string of the molecule is CC1(C)C2CCC1(CS(=O)(=O)NNC(=O)c1ccc(Br)cc1)C(=O)C2. The van der Waals surface area contributed by atoms with Crippen LogP contribution in [0, 0.1) is 16.7 Å². The molecule has 136 valence electrons. The van der Waals surface area contributed by atoms with Gasteiger partial charge in [0.2, 0.25) is 10.0 Å². The first kappa shape index (κ1) is 18.5. The van der Waals surface area contributed by atoms with Gasteiger partial charge in [0.15, 0.2) is 0 Å². The first-order valence-corrected chi connectivity index (χ1v) is 10.6. The highest BCUT2D eigenvalue weighted by atomic mass is 79.9. The van der Waals surface area contributed by atoms with E-state index in [1.165, 1.54) is 0 Å². The summed E-state index contributed by atoms with van der Waals surface area (Å²) in [5.74, 6) is -0.566. The summed E-state index contributed by atoms with van der Waals surface area (Å²) in [6, 6.07) is 6.55. The van der Waals surface area contributed by atoms with Gasteiger partial charge in [-0.15, -0.1) is 4.83 Å². The molecule has 3 rings (SSSR count). The zero-order chi connectivity index (χ0) is 18.5. The van der Waals surface area contributed by atoms with E-state index in [1.807, 2.05) is 13.8 Å². The lowest BCUT2D eigenvalue weighted by molar-refractivity contribution is -0.128. The number of ketones is 1. The average Bonchev–Trinajstić information content (AvgIpc) is 2.87. The standard InChI is InChI=1S/C17H21BrN2O4S/c1-16(2)12-7-8-17(16,14(21)9-12)10-25(23,24)20-19-15(22)11-3-5-13(18)6-4-11/h3-6,12,20H,7-10H2,1-2H3,(H,19,22). The number of carbonyl (C=O) groups excluding carboxylic acids is 2. The molecule has 6 nitrogen and oxygen atoms in total. The minimum Gasteiger partial charge on any atom is -0.299 e. The van der Waals surface area contributed by atoms with Crippen LogP contribution < -0.4 is 10.3 Å². The third-order valence-electron chi connectivity index (χ3n) is 6.00. The Morgan fingerprint density at radius 1 is 1.28 bits per heavy atom. The molecule has 2 saturated carbocycles. The predicted octanol–water partition coefficient (Wildman–Crippen LogP) is 2.41. The monoisotopic (exact) mass is 428 g/mol. The van der Waals surface area contributed by atoms with Crippen molar-refractivity contribution in [2.75, 3.05) is 5.75 Å². The van der Waals surface area contributed by atoms with Crippen molar-refractivity contribution in [3.63, 3.8) is 0 Å². The van der Waals surface area contributed by atoms with Gasteiger partial charge in [-0.05, 0) is 48.4 Å². The predicted molar refractivity (Wildman–Crippen MR) is 97.1 cm³/mol. The van der Waals surface area contributed by atoms with Gasteiger partial charge in [0.25, 0.3) is 5.91 Å². The van der Waals surface area contributed by atoms with Gasteiger partial charge in [-0.1, -0.05) is 29.8 Å². The van der Waals surface area contributed by atoms with Crippen LogP contribution in [0.1, 0.15) is 43.5 Å². The summed E-state index contributed by atoms with van der Waals surface area (Å²) in [6.45, 7) is 3.96. The van der Waals surface area contributed by atoms with Gasteiger partial charge in [-0.25, -0.2) is 8.42 Å². The van der Waals surface area contributed by atoms with E-state index in [0.717, 1.165) is 10.9 Å². The minimum atomic E-state index is -3.84. The number of Topliss-reactive ketones (excluding diaryl/α,β-unsaturated/α-hetero) is 1. The number of benzene rings is 1. The van der Waals surface area contributed by atoms with E-state index >= 15 is 0 Å². The molecule has 1 amide bonds. The Kier molecular flexibility index (Phi) is 4.58. The Balaban J connectivity index is 1.70.